The Kier molecular flexibility index (Phi) is 3.59. The van der Waals surface area contributed by atoms with E-state index in [1.54, 1.807) is 7.11 Å². The van der Waals surface area contributed by atoms with Crippen molar-refractivity contribution < 1.29 is 14.3 Å². The SMILES string of the molecule is COc1ccc(C2(C3(N)CC3)CC2)c(NC(=O)OC(C)(C)C)c1. The second-order valence-corrected chi connectivity index (χ2v) is 7.78. The molecule has 0 bridgehead atoms. The van der Waals surface area contributed by atoms with Gasteiger partial charge in [-0.05, 0) is 58.1 Å². The van der Waals surface area contributed by atoms with Gasteiger partial charge in [0.05, 0.1) is 12.8 Å². The van der Waals surface area contributed by atoms with Crippen LogP contribution in [0.2, 0.25) is 0 Å². The van der Waals surface area contributed by atoms with Crippen molar-refractivity contribution in [2.75, 3.05) is 12.4 Å². The average Bonchev–Trinajstić information content (AvgIpc) is 3.33. The van der Waals surface area contributed by atoms with Gasteiger partial charge in [-0.15, -0.1) is 0 Å². The Bertz CT molecular complexity index is 626. The molecule has 5 heteroatoms. The lowest BCUT2D eigenvalue weighted by Gasteiger charge is -2.27. The molecule has 0 radical (unpaired) electrons. The molecule has 0 unspecified atom stereocenters. The van der Waals surface area contributed by atoms with Crippen LogP contribution in [0.4, 0.5) is 10.5 Å². The fourth-order valence-corrected chi connectivity index (χ4v) is 3.36. The predicted octanol–water partition coefficient (Wildman–Crippen LogP) is 3.57. The first-order chi connectivity index (χ1) is 10.7. The van der Waals surface area contributed by atoms with Crippen LogP contribution in [0.1, 0.15) is 52.0 Å². The zero-order valence-corrected chi connectivity index (χ0v) is 14.4. The lowest BCUT2D eigenvalue weighted by atomic mass is 9.85. The van der Waals surface area contributed by atoms with E-state index in [0.29, 0.717) is 5.75 Å². The summed E-state index contributed by atoms with van der Waals surface area (Å²) in [6, 6.07) is 5.82. The third kappa shape index (κ3) is 3.02. The minimum atomic E-state index is -0.536. The molecule has 23 heavy (non-hydrogen) atoms. The fourth-order valence-electron chi connectivity index (χ4n) is 3.36. The van der Waals surface area contributed by atoms with E-state index in [9.17, 15) is 4.79 Å². The van der Waals surface area contributed by atoms with Crippen LogP contribution in [0.5, 0.6) is 5.75 Å². The molecule has 0 spiro atoms. The van der Waals surface area contributed by atoms with Crippen molar-refractivity contribution in [1.29, 1.82) is 0 Å². The third-order valence-electron chi connectivity index (χ3n) is 4.87. The van der Waals surface area contributed by atoms with E-state index >= 15 is 0 Å². The fraction of sp³-hybridized carbons (Fsp3) is 0.611. The zero-order valence-electron chi connectivity index (χ0n) is 14.4. The van der Waals surface area contributed by atoms with Crippen LogP contribution in [-0.2, 0) is 10.2 Å². The molecule has 0 aliphatic heterocycles. The van der Waals surface area contributed by atoms with Crippen molar-refractivity contribution in [3.8, 4) is 5.75 Å². The lowest BCUT2D eigenvalue weighted by molar-refractivity contribution is 0.0635. The van der Waals surface area contributed by atoms with E-state index in [-0.39, 0.29) is 11.0 Å². The highest BCUT2D eigenvalue weighted by molar-refractivity contribution is 5.87. The zero-order chi connectivity index (χ0) is 16.9. The molecule has 3 N–H and O–H groups in total. The van der Waals surface area contributed by atoms with E-state index in [1.165, 1.54) is 0 Å². The number of methoxy groups -OCH3 is 1. The van der Waals surface area contributed by atoms with Crippen LogP contribution >= 0.6 is 0 Å². The smallest absolute Gasteiger partial charge is 0.412 e. The molecule has 2 aliphatic carbocycles. The number of nitrogens with one attached hydrogen (secondary N) is 1. The third-order valence-corrected chi connectivity index (χ3v) is 4.87. The summed E-state index contributed by atoms with van der Waals surface area (Å²) < 4.78 is 10.7. The van der Waals surface area contributed by atoms with Gasteiger partial charge in [0.1, 0.15) is 11.4 Å². The van der Waals surface area contributed by atoms with Crippen LogP contribution in [0.15, 0.2) is 18.2 Å². The topological polar surface area (TPSA) is 73.6 Å². The number of hydrogen-bond acceptors (Lipinski definition) is 4. The number of nitrogens with two attached hydrogens (primary N) is 1. The molecule has 3 rings (SSSR count). The van der Waals surface area contributed by atoms with Gasteiger partial charge in [-0.1, -0.05) is 6.07 Å². The highest BCUT2D eigenvalue weighted by Gasteiger charge is 2.64. The number of hydrogen-bond donors (Lipinski definition) is 2. The summed E-state index contributed by atoms with van der Waals surface area (Å²) in [5.74, 6) is 0.706. The van der Waals surface area contributed by atoms with Gasteiger partial charge < -0.3 is 15.2 Å². The predicted molar refractivity (Wildman–Crippen MR) is 89.9 cm³/mol. The largest absolute Gasteiger partial charge is 0.497 e. The molecule has 126 valence electrons. The van der Waals surface area contributed by atoms with Gasteiger partial charge in [-0.2, -0.15) is 0 Å². The maximum atomic E-state index is 12.2. The number of carbonyl (C=O) groups excluding carboxylic acids is 1. The Morgan fingerprint density at radius 1 is 1.22 bits per heavy atom. The van der Waals surface area contributed by atoms with E-state index < -0.39 is 11.7 Å². The average molecular weight is 318 g/mol. The minimum absolute atomic E-state index is 0.0103. The van der Waals surface area contributed by atoms with Crippen LogP contribution < -0.4 is 15.8 Å². The van der Waals surface area contributed by atoms with Gasteiger partial charge in [0, 0.05) is 17.0 Å². The molecular formula is C18H26N2O3. The summed E-state index contributed by atoms with van der Waals surface area (Å²) in [5, 5.41) is 2.89. The summed E-state index contributed by atoms with van der Waals surface area (Å²) in [6.07, 6.45) is 3.78. The Morgan fingerprint density at radius 3 is 2.35 bits per heavy atom. The van der Waals surface area contributed by atoms with Crippen LogP contribution in [0.25, 0.3) is 0 Å². The molecule has 0 aromatic heterocycles. The van der Waals surface area contributed by atoms with Crippen molar-refractivity contribution in [1.82, 2.24) is 0 Å². The van der Waals surface area contributed by atoms with Crippen molar-refractivity contribution in [3.63, 3.8) is 0 Å². The summed E-state index contributed by atoms with van der Waals surface area (Å²) >= 11 is 0. The second kappa shape index (κ2) is 5.13. The van der Waals surface area contributed by atoms with Crippen molar-refractivity contribution in [2.45, 2.75) is 63.0 Å². The molecule has 1 aromatic carbocycles. The summed E-state index contributed by atoms with van der Waals surface area (Å²) in [7, 11) is 1.62. The van der Waals surface area contributed by atoms with Crippen LogP contribution in [-0.4, -0.2) is 24.3 Å². The number of anilines is 1. The van der Waals surface area contributed by atoms with E-state index in [2.05, 4.69) is 5.32 Å². The van der Waals surface area contributed by atoms with E-state index in [4.69, 9.17) is 15.2 Å². The lowest BCUT2D eigenvalue weighted by Crippen LogP contribution is -2.38. The van der Waals surface area contributed by atoms with Gasteiger partial charge >= 0.3 is 6.09 Å². The van der Waals surface area contributed by atoms with Crippen LogP contribution in [0.3, 0.4) is 0 Å². The number of benzene rings is 1. The van der Waals surface area contributed by atoms with Crippen LogP contribution in [0, 0.1) is 0 Å². The molecule has 1 amide bonds. The Morgan fingerprint density at radius 2 is 1.87 bits per heavy atom. The van der Waals surface area contributed by atoms with Crippen molar-refractivity contribution in [2.24, 2.45) is 5.73 Å². The molecule has 0 saturated heterocycles. The highest BCUT2D eigenvalue weighted by atomic mass is 16.6. The Hall–Kier alpha value is -1.75. The van der Waals surface area contributed by atoms with Gasteiger partial charge in [0.2, 0.25) is 0 Å². The van der Waals surface area contributed by atoms with Crippen molar-refractivity contribution in [3.05, 3.63) is 23.8 Å². The second-order valence-electron chi connectivity index (χ2n) is 7.78. The van der Waals surface area contributed by atoms with E-state index in [1.807, 2.05) is 39.0 Å². The quantitative estimate of drug-likeness (QED) is 0.890. The highest BCUT2D eigenvalue weighted by Crippen LogP contribution is 2.65. The van der Waals surface area contributed by atoms with Gasteiger partial charge in [-0.25, -0.2) is 4.79 Å². The van der Waals surface area contributed by atoms with Gasteiger partial charge in [0.25, 0.3) is 0 Å². The van der Waals surface area contributed by atoms with Gasteiger partial charge in [-0.3, -0.25) is 5.32 Å². The minimum Gasteiger partial charge on any atom is -0.497 e. The summed E-state index contributed by atoms with van der Waals surface area (Å²) in [6.45, 7) is 5.54. The molecule has 2 aliphatic rings. The summed E-state index contributed by atoms with van der Waals surface area (Å²) in [5.41, 5.74) is 7.69. The molecule has 0 heterocycles. The molecule has 2 saturated carbocycles. The maximum absolute atomic E-state index is 12.2. The first-order valence-electron chi connectivity index (χ1n) is 8.17. The molecular weight excluding hydrogens is 292 g/mol. The summed E-state index contributed by atoms with van der Waals surface area (Å²) in [4.78, 5) is 12.2. The molecule has 0 atom stereocenters. The maximum Gasteiger partial charge on any atom is 0.412 e. The van der Waals surface area contributed by atoms with Gasteiger partial charge in [0.15, 0.2) is 0 Å². The molecule has 1 aromatic rings. The Labute approximate surface area is 137 Å². The molecule has 2 fully saturated rings. The first-order valence-corrected chi connectivity index (χ1v) is 8.17. The number of carbonyl (C=O) groups is 1. The van der Waals surface area contributed by atoms with E-state index in [0.717, 1.165) is 36.9 Å². The first kappa shape index (κ1) is 16.1. The number of ether oxygens (including phenoxy) is 2. The molecule has 5 nitrogen and oxygen atoms in total. The Balaban J connectivity index is 1.90. The normalized spacial score (nSPS) is 20.6. The number of amides is 1. The standard InChI is InChI=1S/C18H26N2O3/c1-16(2,3)23-15(21)20-14-11-12(22-4)5-6-13(14)17(7-8-17)18(19)9-10-18/h5-6,11H,7-10,19H2,1-4H3,(H,20,21). The van der Waals surface area contributed by atoms with Crippen molar-refractivity contribution >= 4 is 11.8 Å². The monoisotopic (exact) mass is 318 g/mol. The number of rotatable bonds is 4.